The van der Waals surface area contributed by atoms with Crippen molar-refractivity contribution in [2.45, 2.75) is 39.7 Å². The lowest BCUT2D eigenvalue weighted by Gasteiger charge is -2.23. The van der Waals surface area contributed by atoms with Gasteiger partial charge < -0.3 is 0 Å². The third-order valence-electron chi connectivity index (χ3n) is 4.80. The van der Waals surface area contributed by atoms with Gasteiger partial charge in [0.2, 0.25) is 0 Å². The number of hydrogen-bond donors (Lipinski definition) is 0. The van der Waals surface area contributed by atoms with Crippen LogP contribution in [0.15, 0.2) is 70.3 Å². The van der Waals surface area contributed by atoms with Crippen LogP contribution in [0.3, 0.4) is 0 Å². The van der Waals surface area contributed by atoms with Gasteiger partial charge in [0.25, 0.3) is 5.56 Å². The third-order valence-corrected chi connectivity index (χ3v) is 6.88. The van der Waals surface area contributed by atoms with E-state index in [2.05, 4.69) is 19.6 Å². The molecule has 0 aliphatic rings. The fraction of sp³-hybridized carbons (Fsp3) is 0.273. The van der Waals surface area contributed by atoms with Gasteiger partial charge in [-0.25, -0.2) is 4.79 Å². The molecule has 0 fully saturated rings. The second-order valence-electron chi connectivity index (χ2n) is 7.94. The molecule has 0 spiro atoms. The highest BCUT2D eigenvalue weighted by Gasteiger charge is 2.27. The molecule has 3 rings (SSSR count). The van der Waals surface area contributed by atoms with Crippen molar-refractivity contribution in [1.82, 2.24) is 9.13 Å². The molecule has 27 heavy (non-hydrogen) atoms. The van der Waals surface area contributed by atoms with Crippen molar-refractivity contribution in [3.8, 4) is 0 Å². The first kappa shape index (κ1) is 19.1. The van der Waals surface area contributed by atoms with Crippen LogP contribution in [-0.4, -0.2) is 17.2 Å². The molecule has 4 nitrogen and oxygen atoms in total. The molecular weight excluding hydrogens is 352 g/mol. The molecule has 3 aromatic rings. The van der Waals surface area contributed by atoms with Gasteiger partial charge in [0.05, 0.1) is 21.2 Å². The zero-order valence-electron chi connectivity index (χ0n) is 16.4. The maximum Gasteiger partial charge on any atom is 0.331 e. The topological polar surface area (TPSA) is 44.0 Å². The van der Waals surface area contributed by atoms with Gasteiger partial charge in [-0.2, -0.15) is 0 Å². The van der Waals surface area contributed by atoms with Gasteiger partial charge in [0, 0.05) is 10.9 Å². The molecule has 2 aromatic carbocycles. The molecule has 0 aliphatic heterocycles. The van der Waals surface area contributed by atoms with Crippen LogP contribution >= 0.6 is 0 Å². The monoisotopic (exact) mass is 378 g/mol. The summed E-state index contributed by atoms with van der Waals surface area (Å²) in [6.45, 7) is 9.14. The first-order chi connectivity index (χ1) is 12.8. The Morgan fingerprint density at radius 3 is 1.63 bits per heavy atom. The van der Waals surface area contributed by atoms with Gasteiger partial charge in [0.15, 0.2) is 0 Å². The van der Waals surface area contributed by atoms with E-state index in [1.807, 2.05) is 67.6 Å². The van der Waals surface area contributed by atoms with Crippen LogP contribution in [0, 0.1) is 6.92 Å². The smallest absolute Gasteiger partial charge is 0.294 e. The average molecular weight is 379 g/mol. The van der Waals surface area contributed by atoms with Crippen LogP contribution in [0.5, 0.6) is 0 Å². The molecule has 1 aromatic heterocycles. The number of nitrogens with zero attached hydrogens (tertiary/aromatic N) is 2. The summed E-state index contributed by atoms with van der Waals surface area (Å²) in [6, 6.07) is 19.6. The molecule has 0 N–H and O–H groups in total. The molecular formula is C22H26N2O2Si. The normalized spacial score (nSPS) is 11.6. The van der Waals surface area contributed by atoms with Gasteiger partial charge in [-0.1, -0.05) is 80.3 Å². The Morgan fingerprint density at radius 2 is 1.19 bits per heavy atom. The molecule has 0 unspecified atom stereocenters. The molecule has 0 saturated heterocycles. The molecule has 0 atom stereocenters. The number of aromatic nitrogens is 2. The summed E-state index contributed by atoms with van der Waals surface area (Å²) in [4.78, 5) is 26.5. The van der Waals surface area contributed by atoms with Crippen molar-refractivity contribution in [2.75, 3.05) is 0 Å². The van der Waals surface area contributed by atoms with Crippen molar-refractivity contribution >= 4 is 13.3 Å². The van der Waals surface area contributed by atoms with Crippen LogP contribution in [0.25, 0.3) is 0 Å². The fourth-order valence-corrected chi connectivity index (χ4v) is 5.52. The summed E-state index contributed by atoms with van der Waals surface area (Å²) in [5, 5.41) is 0.828. The van der Waals surface area contributed by atoms with Gasteiger partial charge in [-0.15, -0.1) is 0 Å². The number of rotatable bonds is 5. The van der Waals surface area contributed by atoms with E-state index in [0.717, 1.165) is 22.0 Å². The van der Waals surface area contributed by atoms with E-state index in [0.29, 0.717) is 13.1 Å². The molecule has 0 aliphatic carbocycles. The van der Waals surface area contributed by atoms with Crippen molar-refractivity contribution in [1.29, 1.82) is 0 Å². The Morgan fingerprint density at radius 1 is 0.741 bits per heavy atom. The van der Waals surface area contributed by atoms with Gasteiger partial charge in [-0.05, 0) is 18.1 Å². The molecule has 1 heterocycles. The SMILES string of the molecule is Cc1c([Si](C)(C)C)c(=O)n(Cc2ccccc2)c(=O)n1Cc1ccccc1. The van der Waals surface area contributed by atoms with Gasteiger partial charge in [0.1, 0.15) is 0 Å². The zero-order chi connectivity index (χ0) is 19.6. The summed E-state index contributed by atoms with van der Waals surface area (Å²) in [6.07, 6.45) is 0. The molecule has 140 valence electrons. The molecule has 5 heteroatoms. The predicted molar refractivity (Wildman–Crippen MR) is 114 cm³/mol. The Hall–Kier alpha value is -2.66. The summed E-state index contributed by atoms with van der Waals surface area (Å²) < 4.78 is 3.16. The van der Waals surface area contributed by atoms with E-state index >= 15 is 0 Å². The summed E-state index contributed by atoms with van der Waals surface area (Å²) in [5.41, 5.74) is 2.43. The number of hydrogen-bond acceptors (Lipinski definition) is 2. The third kappa shape index (κ3) is 4.03. The maximum absolute atomic E-state index is 13.3. The van der Waals surface area contributed by atoms with E-state index in [1.165, 1.54) is 4.57 Å². The molecule has 0 saturated carbocycles. The maximum atomic E-state index is 13.3. The summed E-state index contributed by atoms with van der Waals surface area (Å²) in [7, 11) is -1.94. The van der Waals surface area contributed by atoms with Crippen molar-refractivity contribution < 1.29 is 0 Å². The van der Waals surface area contributed by atoms with Gasteiger partial charge in [-0.3, -0.25) is 13.9 Å². The molecule has 0 bridgehead atoms. The van der Waals surface area contributed by atoms with Crippen LogP contribution < -0.4 is 16.4 Å². The second-order valence-corrected chi connectivity index (χ2v) is 12.9. The molecule has 0 amide bonds. The minimum atomic E-state index is -1.94. The predicted octanol–water partition coefficient (Wildman–Crippen LogP) is 2.96. The van der Waals surface area contributed by atoms with E-state index in [1.54, 1.807) is 4.57 Å². The van der Waals surface area contributed by atoms with Crippen LogP contribution in [0.2, 0.25) is 19.6 Å². The van der Waals surface area contributed by atoms with Crippen LogP contribution in [0.4, 0.5) is 0 Å². The Bertz CT molecular complexity index is 1050. The van der Waals surface area contributed by atoms with E-state index in [-0.39, 0.29) is 11.2 Å². The zero-order valence-corrected chi connectivity index (χ0v) is 17.4. The molecule has 0 radical (unpaired) electrons. The number of benzene rings is 2. The Balaban J connectivity index is 2.22. The van der Waals surface area contributed by atoms with Crippen LogP contribution in [-0.2, 0) is 13.1 Å². The highest BCUT2D eigenvalue weighted by atomic mass is 28.3. The van der Waals surface area contributed by atoms with E-state index in [9.17, 15) is 9.59 Å². The fourth-order valence-electron chi connectivity index (χ4n) is 3.52. The quantitative estimate of drug-likeness (QED) is 0.641. The minimum absolute atomic E-state index is 0.134. The summed E-state index contributed by atoms with van der Waals surface area (Å²) >= 11 is 0. The van der Waals surface area contributed by atoms with E-state index in [4.69, 9.17) is 0 Å². The van der Waals surface area contributed by atoms with Crippen molar-refractivity contribution in [2.24, 2.45) is 0 Å². The van der Waals surface area contributed by atoms with Crippen LogP contribution in [0.1, 0.15) is 16.8 Å². The first-order valence-electron chi connectivity index (χ1n) is 9.21. The second kappa shape index (κ2) is 7.52. The van der Waals surface area contributed by atoms with Crippen molar-refractivity contribution in [3.05, 3.63) is 98.3 Å². The lowest BCUT2D eigenvalue weighted by atomic mass is 10.2. The van der Waals surface area contributed by atoms with E-state index < -0.39 is 8.07 Å². The lowest BCUT2D eigenvalue weighted by Crippen LogP contribution is -2.58. The highest BCUT2D eigenvalue weighted by molar-refractivity contribution is 6.88. The summed E-state index contributed by atoms with van der Waals surface area (Å²) in [5.74, 6) is 0. The largest absolute Gasteiger partial charge is 0.331 e. The average Bonchev–Trinajstić information content (AvgIpc) is 2.63. The minimum Gasteiger partial charge on any atom is -0.294 e. The Labute approximate surface area is 160 Å². The first-order valence-corrected chi connectivity index (χ1v) is 12.7. The van der Waals surface area contributed by atoms with Gasteiger partial charge >= 0.3 is 5.69 Å². The van der Waals surface area contributed by atoms with Crippen molar-refractivity contribution in [3.63, 3.8) is 0 Å². The lowest BCUT2D eigenvalue weighted by molar-refractivity contribution is 0.603. The standard InChI is InChI=1S/C22H26N2O2Si/c1-17-20(27(2,3)4)21(25)24(16-19-13-9-6-10-14-19)22(26)23(17)15-18-11-7-5-8-12-18/h5-14H,15-16H2,1-4H3. The highest BCUT2D eigenvalue weighted by Crippen LogP contribution is 2.07. The Kier molecular flexibility index (Phi) is 5.33.